The van der Waals surface area contributed by atoms with Crippen LogP contribution in [0.1, 0.15) is 18.4 Å². The predicted molar refractivity (Wildman–Crippen MR) is 79.1 cm³/mol. The molecule has 0 bridgehead atoms. The summed E-state index contributed by atoms with van der Waals surface area (Å²) in [7, 11) is 2.15. The van der Waals surface area contributed by atoms with E-state index < -0.39 is 0 Å². The molecule has 1 N–H and O–H groups in total. The lowest BCUT2D eigenvalue weighted by Crippen LogP contribution is -2.40. The van der Waals surface area contributed by atoms with Crippen molar-refractivity contribution in [2.24, 2.45) is 0 Å². The molecule has 3 rings (SSSR count). The highest BCUT2D eigenvalue weighted by atomic mass is 19.1. The number of pyridine rings is 1. The van der Waals surface area contributed by atoms with Crippen LogP contribution >= 0.6 is 0 Å². The maximum atomic E-state index is 13.8. The van der Waals surface area contributed by atoms with Crippen LogP contribution < -0.4 is 5.32 Å². The van der Waals surface area contributed by atoms with Crippen molar-refractivity contribution in [3.63, 3.8) is 0 Å². The van der Waals surface area contributed by atoms with E-state index in [4.69, 9.17) is 0 Å². The van der Waals surface area contributed by atoms with Gasteiger partial charge in [-0.1, -0.05) is 6.07 Å². The molecule has 2 heterocycles. The van der Waals surface area contributed by atoms with Crippen molar-refractivity contribution in [2.75, 3.05) is 20.1 Å². The van der Waals surface area contributed by atoms with Crippen molar-refractivity contribution in [1.82, 2.24) is 15.2 Å². The second-order valence-electron chi connectivity index (χ2n) is 5.50. The van der Waals surface area contributed by atoms with Gasteiger partial charge in [0, 0.05) is 24.2 Å². The van der Waals surface area contributed by atoms with Gasteiger partial charge in [-0.05, 0) is 56.7 Å². The van der Waals surface area contributed by atoms with Gasteiger partial charge in [0.15, 0.2) is 0 Å². The summed E-state index contributed by atoms with van der Waals surface area (Å²) in [5.74, 6) is -0.193. The van der Waals surface area contributed by atoms with Gasteiger partial charge in [-0.2, -0.15) is 0 Å². The number of fused-ring (bicyclic) bond motifs is 1. The molecule has 0 atom stereocenters. The van der Waals surface area contributed by atoms with Gasteiger partial charge in [-0.25, -0.2) is 4.39 Å². The van der Waals surface area contributed by atoms with Crippen molar-refractivity contribution >= 4 is 10.9 Å². The number of benzene rings is 1. The lowest BCUT2D eigenvalue weighted by Gasteiger charge is -2.31. The summed E-state index contributed by atoms with van der Waals surface area (Å²) >= 11 is 0. The molecule has 20 heavy (non-hydrogen) atoms. The monoisotopic (exact) mass is 273 g/mol. The van der Waals surface area contributed by atoms with E-state index in [1.165, 1.54) is 12.8 Å². The first-order valence-electron chi connectivity index (χ1n) is 7.19. The Morgan fingerprint density at radius 3 is 2.90 bits per heavy atom. The minimum absolute atomic E-state index is 0.193. The normalized spacial score (nSPS) is 16.9. The maximum Gasteiger partial charge on any atom is 0.132 e. The molecular weight excluding hydrogens is 253 g/mol. The van der Waals surface area contributed by atoms with Crippen LogP contribution in [0.4, 0.5) is 4.39 Å². The van der Waals surface area contributed by atoms with Crippen LogP contribution in [0, 0.1) is 5.82 Å². The number of halogens is 1. The molecule has 0 saturated carbocycles. The van der Waals surface area contributed by atoms with Crippen LogP contribution in [-0.4, -0.2) is 36.1 Å². The summed E-state index contributed by atoms with van der Waals surface area (Å²) in [6.07, 6.45) is 4.07. The number of nitrogens with zero attached hydrogens (tertiary/aromatic N) is 2. The summed E-state index contributed by atoms with van der Waals surface area (Å²) in [6.45, 7) is 2.98. The van der Waals surface area contributed by atoms with Gasteiger partial charge in [0.1, 0.15) is 5.82 Å². The zero-order valence-corrected chi connectivity index (χ0v) is 11.8. The van der Waals surface area contributed by atoms with Gasteiger partial charge in [0.05, 0.1) is 5.52 Å². The van der Waals surface area contributed by atoms with Crippen molar-refractivity contribution in [1.29, 1.82) is 0 Å². The van der Waals surface area contributed by atoms with Crippen molar-refractivity contribution < 1.29 is 4.39 Å². The Labute approximate surface area is 118 Å². The molecule has 0 aliphatic carbocycles. The van der Waals surface area contributed by atoms with Gasteiger partial charge in [0.25, 0.3) is 0 Å². The highest BCUT2D eigenvalue weighted by molar-refractivity contribution is 5.82. The van der Waals surface area contributed by atoms with Gasteiger partial charge >= 0.3 is 0 Å². The molecule has 0 unspecified atom stereocenters. The van der Waals surface area contributed by atoms with E-state index in [0.717, 1.165) is 30.7 Å². The van der Waals surface area contributed by atoms with Gasteiger partial charge in [-0.15, -0.1) is 0 Å². The summed E-state index contributed by atoms with van der Waals surface area (Å²) in [4.78, 5) is 6.72. The largest absolute Gasteiger partial charge is 0.317 e. The molecular formula is C16H20FN3. The standard InChI is InChI=1S/C16H20FN3/c1-20(13-6-9-18-10-7-13)11-12-4-5-15(17)14-3-2-8-19-16(12)14/h2-5,8,13,18H,6-7,9-11H2,1H3. The molecule has 1 aromatic carbocycles. The quantitative estimate of drug-likeness (QED) is 0.931. The third-order valence-corrected chi connectivity index (χ3v) is 4.15. The second kappa shape index (κ2) is 5.85. The molecule has 2 aromatic rings. The van der Waals surface area contributed by atoms with Crippen molar-refractivity contribution in [3.8, 4) is 0 Å². The third-order valence-electron chi connectivity index (χ3n) is 4.15. The fraction of sp³-hybridized carbons (Fsp3) is 0.438. The van der Waals surface area contributed by atoms with Crippen LogP contribution in [0.2, 0.25) is 0 Å². The van der Waals surface area contributed by atoms with Gasteiger partial charge < -0.3 is 5.32 Å². The van der Waals surface area contributed by atoms with E-state index >= 15 is 0 Å². The number of hydrogen-bond donors (Lipinski definition) is 1. The van der Waals surface area contributed by atoms with Crippen LogP contribution in [0.15, 0.2) is 30.5 Å². The van der Waals surface area contributed by atoms with Crippen LogP contribution in [0.3, 0.4) is 0 Å². The predicted octanol–water partition coefficient (Wildman–Crippen LogP) is 2.56. The van der Waals surface area contributed by atoms with Gasteiger partial charge in [-0.3, -0.25) is 9.88 Å². The minimum Gasteiger partial charge on any atom is -0.317 e. The van der Waals surface area contributed by atoms with Crippen LogP contribution in [0.25, 0.3) is 10.9 Å². The topological polar surface area (TPSA) is 28.2 Å². The first-order valence-corrected chi connectivity index (χ1v) is 7.19. The number of piperidine rings is 1. The molecule has 0 spiro atoms. The fourth-order valence-corrected chi connectivity index (χ4v) is 2.97. The molecule has 1 aliphatic rings. The average molecular weight is 273 g/mol. The smallest absolute Gasteiger partial charge is 0.132 e. The van der Waals surface area contributed by atoms with E-state index in [2.05, 4.69) is 22.2 Å². The fourth-order valence-electron chi connectivity index (χ4n) is 2.97. The lowest BCUT2D eigenvalue weighted by molar-refractivity contribution is 0.192. The summed E-state index contributed by atoms with van der Waals surface area (Å²) < 4.78 is 13.8. The highest BCUT2D eigenvalue weighted by Crippen LogP contribution is 2.22. The minimum atomic E-state index is -0.193. The van der Waals surface area contributed by atoms with Crippen LogP contribution in [0.5, 0.6) is 0 Å². The van der Waals surface area contributed by atoms with E-state index in [1.807, 2.05) is 6.07 Å². The first kappa shape index (κ1) is 13.5. The Kier molecular flexibility index (Phi) is 3.94. The molecule has 4 heteroatoms. The van der Waals surface area contributed by atoms with Crippen molar-refractivity contribution in [3.05, 3.63) is 41.8 Å². The number of hydrogen-bond acceptors (Lipinski definition) is 3. The highest BCUT2D eigenvalue weighted by Gasteiger charge is 2.18. The number of rotatable bonds is 3. The average Bonchev–Trinajstić information content (AvgIpc) is 2.51. The lowest BCUT2D eigenvalue weighted by atomic mass is 10.0. The SMILES string of the molecule is CN(Cc1ccc(F)c2cccnc12)C1CCNCC1. The second-order valence-corrected chi connectivity index (χ2v) is 5.50. The van der Waals surface area contributed by atoms with E-state index in [1.54, 1.807) is 24.4 Å². The van der Waals surface area contributed by atoms with E-state index in [0.29, 0.717) is 11.4 Å². The summed E-state index contributed by atoms with van der Waals surface area (Å²) in [6, 6.07) is 7.59. The Morgan fingerprint density at radius 2 is 2.10 bits per heavy atom. The van der Waals surface area contributed by atoms with E-state index in [9.17, 15) is 4.39 Å². The summed E-state index contributed by atoms with van der Waals surface area (Å²) in [5, 5.41) is 4.00. The maximum absolute atomic E-state index is 13.8. The first-order chi connectivity index (χ1) is 9.75. The van der Waals surface area contributed by atoms with E-state index in [-0.39, 0.29) is 5.82 Å². The van der Waals surface area contributed by atoms with Crippen molar-refractivity contribution in [2.45, 2.75) is 25.4 Å². The molecule has 3 nitrogen and oxygen atoms in total. The van der Waals surface area contributed by atoms with Crippen LogP contribution in [-0.2, 0) is 6.54 Å². The van der Waals surface area contributed by atoms with Gasteiger partial charge in [0.2, 0.25) is 0 Å². The molecule has 0 amide bonds. The Bertz CT molecular complexity index is 593. The Morgan fingerprint density at radius 1 is 1.30 bits per heavy atom. The summed E-state index contributed by atoms with van der Waals surface area (Å²) in [5.41, 5.74) is 1.89. The zero-order chi connectivity index (χ0) is 13.9. The molecule has 1 saturated heterocycles. The zero-order valence-electron chi connectivity index (χ0n) is 11.8. The molecule has 0 radical (unpaired) electrons. The Balaban J connectivity index is 1.85. The molecule has 1 fully saturated rings. The molecule has 106 valence electrons. The number of aromatic nitrogens is 1. The number of nitrogens with one attached hydrogen (secondary N) is 1. The molecule has 1 aliphatic heterocycles. The molecule has 1 aromatic heterocycles. The third kappa shape index (κ3) is 2.67. The Hall–Kier alpha value is -1.52.